The molecule has 2 amide bonds. The van der Waals surface area contributed by atoms with Gasteiger partial charge in [-0.15, -0.1) is 11.8 Å². The Morgan fingerprint density at radius 3 is 2.28 bits per heavy atom. The Kier molecular flexibility index (Phi) is 12.9. The molecule has 0 radical (unpaired) electrons. The van der Waals surface area contributed by atoms with Crippen molar-refractivity contribution in [1.82, 2.24) is 15.8 Å². The van der Waals surface area contributed by atoms with Gasteiger partial charge in [-0.2, -0.15) is 0 Å². The predicted molar refractivity (Wildman–Crippen MR) is 180 cm³/mol. The number of unbranched alkanes of at least 4 members (excludes halogenated alkanes) is 2. The molecule has 0 bridgehead atoms. The second kappa shape index (κ2) is 17.7. The monoisotopic (exact) mass is 655 g/mol. The first-order valence-electron chi connectivity index (χ1n) is 15.9. The van der Waals surface area contributed by atoms with Crippen LogP contribution in [0.15, 0.2) is 102 Å². The van der Waals surface area contributed by atoms with Crippen molar-refractivity contribution in [2.45, 2.75) is 75.2 Å². The molecule has 246 valence electrons. The number of hydrogen-bond acceptors (Lipinski definition) is 8. The molecule has 9 nitrogen and oxygen atoms in total. The molecule has 4 N–H and O–H groups in total. The molecule has 1 saturated heterocycles. The Labute approximate surface area is 279 Å². The first kappa shape index (κ1) is 34.3. The number of carbonyl (C=O) groups excluding carboxylic acids is 2. The summed E-state index contributed by atoms with van der Waals surface area (Å²) in [5, 5.41) is 22.0. The molecule has 0 saturated carbocycles. The number of pyridine rings is 1. The Morgan fingerprint density at radius 1 is 0.830 bits per heavy atom. The van der Waals surface area contributed by atoms with E-state index in [1.165, 1.54) is 0 Å². The van der Waals surface area contributed by atoms with Crippen LogP contribution in [-0.2, 0) is 32.2 Å². The molecule has 3 atom stereocenters. The highest BCUT2D eigenvalue weighted by molar-refractivity contribution is 7.99. The zero-order valence-electron chi connectivity index (χ0n) is 26.2. The molecule has 4 aromatic rings. The Hall–Kier alpha value is -4.06. The van der Waals surface area contributed by atoms with Gasteiger partial charge in [0.15, 0.2) is 6.29 Å². The number of aliphatic hydroxyl groups is 1. The molecule has 10 heteroatoms. The molecule has 1 aliphatic rings. The molecule has 1 fully saturated rings. The molecule has 2 heterocycles. The number of hydrogen-bond donors (Lipinski definition) is 4. The van der Waals surface area contributed by atoms with Gasteiger partial charge in [0.25, 0.3) is 0 Å². The molecule has 0 spiro atoms. The molecular weight excluding hydrogens is 614 g/mol. The first-order chi connectivity index (χ1) is 23.0. The van der Waals surface area contributed by atoms with Crippen LogP contribution in [0.5, 0.6) is 0 Å². The van der Waals surface area contributed by atoms with Gasteiger partial charge in [0, 0.05) is 43.3 Å². The smallest absolute Gasteiger partial charge is 0.243 e. The minimum atomic E-state index is -0.554. The van der Waals surface area contributed by atoms with E-state index in [9.17, 15) is 14.7 Å². The zero-order chi connectivity index (χ0) is 32.8. The van der Waals surface area contributed by atoms with E-state index in [1.807, 2.05) is 78.9 Å². The van der Waals surface area contributed by atoms with Crippen molar-refractivity contribution in [1.29, 1.82) is 0 Å². The van der Waals surface area contributed by atoms with Gasteiger partial charge in [-0.25, -0.2) is 10.5 Å². The van der Waals surface area contributed by atoms with E-state index in [4.69, 9.17) is 14.7 Å². The summed E-state index contributed by atoms with van der Waals surface area (Å²) in [7, 11) is 0. The minimum Gasteiger partial charge on any atom is -0.392 e. The maximum atomic E-state index is 12.5. The topological polar surface area (TPSA) is 130 Å². The number of nitrogens with zero attached hydrogens (tertiary/aromatic N) is 1. The van der Waals surface area contributed by atoms with Crippen LogP contribution in [0.1, 0.15) is 73.2 Å². The maximum absolute atomic E-state index is 12.5. The van der Waals surface area contributed by atoms with Crippen molar-refractivity contribution in [3.05, 3.63) is 119 Å². The second-order valence-corrected chi connectivity index (χ2v) is 12.5. The number of nitrogens with one attached hydrogen (secondary N) is 2. The average Bonchev–Trinajstić information content (AvgIpc) is 3.13. The fraction of sp³-hybridized carbons (Fsp3) is 0.324. The Morgan fingerprint density at radius 2 is 1.55 bits per heavy atom. The van der Waals surface area contributed by atoms with E-state index in [0.717, 1.165) is 50.6 Å². The molecule has 1 aromatic heterocycles. The summed E-state index contributed by atoms with van der Waals surface area (Å²) in [5.74, 6) is 0.289. The zero-order valence-corrected chi connectivity index (χ0v) is 27.0. The van der Waals surface area contributed by atoms with E-state index in [1.54, 1.807) is 23.4 Å². The SMILES string of the molecule is O=C(CCCCCC(=O)NCc1ccccc1-c1ccc(C2OC(CSc3ccccn3)CC(c3ccc(CO)cc3)O2)cc1)NO. The van der Waals surface area contributed by atoms with Crippen LogP contribution < -0.4 is 10.8 Å². The van der Waals surface area contributed by atoms with E-state index < -0.39 is 12.2 Å². The Bertz CT molecular complexity index is 1570. The van der Waals surface area contributed by atoms with Gasteiger partial charge in [0.2, 0.25) is 11.8 Å². The molecule has 0 aliphatic carbocycles. The largest absolute Gasteiger partial charge is 0.392 e. The highest BCUT2D eigenvalue weighted by Gasteiger charge is 2.32. The van der Waals surface area contributed by atoms with Crippen molar-refractivity contribution in [2.24, 2.45) is 0 Å². The predicted octanol–water partition coefficient (Wildman–Crippen LogP) is 6.65. The van der Waals surface area contributed by atoms with Crippen molar-refractivity contribution >= 4 is 23.6 Å². The van der Waals surface area contributed by atoms with Crippen molar-refractivity contribution in [2.75, 3.05) is 5.75 Å². The number of thioether (sulfide) groups is 1. The summed E-state index contributed by atoms with van der Waals surface area (Å²) in [5.41, 5.74) is 7.51. The molecule has 3 unspecified atom stereocenters. The lowest BCUT2D eigenvalue weighted by atomic mass is 9.97. The van der Waals surface area contributed by atoms with E-state index >= 15 is 0 Å². The normalized spacial score (nSPS) is 17.6. The van der Waals surface area contributed by atoms with Crippen LogP contribution in [0, 0.1) is 0 Å². The number of carbonyl (C=O) groups is 2. The molecular formula is C37H41N3O6S. The van der Waals surface area contributed by atoms with Crippen LogP contribution in [0.3, 0.4) is 0 Å². The molecule has 3 aromatic carbocycles. The van der Waals surface area contributed by atoms with E-state index in [-0.39, 0.29) is 31.1 Å². The number of ether oxygens (including phenoxy) is 2. The molecule has 47 heavy (non-hydrogen) atoms. The highest BCUT2D eigenvalue weighted by Crippen LogP contribution is 2.40. The van der Waals surface area contributed by atoms with Gasteiger partial charge in [-0.1, -0.05) is 85.3 Å². The van der Waals surface area contributed by atoms with E-state index in [2.05, 4.69) is 22.4 Å². The van der Waals surface area contributed by atoms with Crippen molar-refractivity contribution < 1.29 is 29.4 Å². The summed E-state index contributed by atoms with van der Waals surface area (Å²) in [6.45, 7) is 0.405. The lowest BCUT2D eigenvalue weighted by Gasteiger charge is -2.36. The van der Waals surface area contributed by atoms with Crippen LogP contribution in [0.4, 0.5) is 0 Å². The van der Waals surface area contributed by atoms with Gasteiger partial charge < -0.3 is 19.9 Å². The van der Waals surface area contributed by atoms with Gasteiger partial charge in [0.1, 0.15) is 0 Å². The maximum Gasteiger partial charge on any atom is 0.243 e. The third kappa shape index (κ3) is 10.2. The van der Waals surface area contributed by atoms with Crippen LogP contribution in [0.25, 0.3) is 11.1 Å². The summed E-state index contributed by atoms with van der Waals surface area (Å²) < 4.78 is 13.0. The first-order valence-corrected chi connectivity index (χ1v) is 16.9. The van der Waals surface area contributed by atoms with E-state index in [0.29, 0.717) is 32.2 Å². The number of aromatic nitrogens is 1. The van der Waals surface area contributed by atoms with Gasteiger partial charge in [-0.3, -0.25) is 14.8 Å². The van der Waals surface area contributed by atoms with Crippen LogP contribution in [-0.4, -0.2) is 39.0 Å². The molecule has 5 rings (SSSR count). The fourth-order valence-corrected chi connectivity index (χ4v) is 6.38. The third-order valence-corrected chi connectivity index (χ3v) is 9.17. The third-order valence-electron chi connectivity index (χ3n) is 8.09. The number of amides is 2. The van der Waals surface area contributed by atoms with Crippen molar-refractivity contribution in [3.63, 3.8) is 0 Å². The number of aliphatic hydroxyl groups excluding tert-OH is 1. The Balaban J connectivity index is 1.23. The number of benzene rings is 3. The lowest BCUT2D eigenvalue weighted by Crippen LogP contribution is -2.31. The summed E-state index contributed by atoms with van der Waals surface area (Å²) >= 11 is 1.67. The summed E-state index contributed by atoms with van der Waals surface area (Å²) in [6.07, 6.45) is 4.37. The van der Waals surface area contributed by atoms with Gasteiger partial charge in [0.05, 0.1) is 23.8 Å². The fourth-order valence-electron chi connectivity index (χ4n) is 5.50. The second-order valence-electron chi connectivity index (χ2n) is 11.5. The number of hydroxylamine groups is 1. The minimum absolute atomic E-state index is 0.00220. The number of rotatable bonds is 15. The van der Waals surface area contributed by atoms with Gasteiger partial charge in [-0.05, 0) is 52.8 Å². The van der Waals surface area contributed by atoms with Crippen molar-refractivity contribution in [3.8, 4) is 11.1 Å². The highest BCUT2D eigenvalue weighted by atomic mass is 32.2. The van der Waals surface area contributed by atoms with Crippen LogP contribution >= 0.6 is 11.8 Å². The standard InChI is InChI=1S/C37H41N3O6S/c41-24-26-13-15-28(16-14-26)33-22-31(25-47-36-12-6-7-21-38-36)45-37(46-33)29-19-17-27(18-20-29)32-9-5-4-8-30(32)23-39-34(42)10-2-1-3-11-35(43)40-44/h4-9,12-21,31,33,37,41,44H,1-3,10-11,22-25H2,(H,39,42)(H,40,43). The summed E-state index contributed by atoms with van der Waals surface area (Å²) in [4.78, 5) is 28.0. The quantitative estimate of drug-likeness (QED) is 0.0485. The molecule has 1 aliphatic heterocycles. The van der Waals surface area contributed by atoms with Crippen LogP contribution in [0.2, 0.25) is 0 Å². The average molecular weight is 656 g/mol. The lowest BCUT2D eigenvalue weighted by molar-refractivity contribution is -0.245. The van der Waals surface area contributed by atoms with Gasteiger partial charge >= 0.3 is 0 Å². The summed E-state index contributed by atoms with van der Waals surface area (Å²) in [6, 6.07) is 30.0.